The largest absolute Gasteiger partial charge is 0.310 e. The van der Waals surface area contributed by atoms with Crippen molar-refractivity contribution in [1.29, 1.82) is 0 Å². The first-order valence-electron chi connectivity index (χ1n) is 5.87. The molecule has 84 valence electrons. The molecule has 14 heavy (non-hydrogen) atoms. The van der Waals surface area contributed by atoms with Crippen LogP contribution in [-0.4, -0.2) is 35.6 Å². The molecule has 0 aliphatic carbocycles. The van der Waals surface area contributed by atoms with Crippen LogP contribution >= 0.6 is 0 Å². The lowest BCUT2D eigenvalue weighted by molar-refractivity contribution is 0.110. The first-order chi connectivity index (χ1) is 6.37. The average molecular weight is 198 g/mol. The molecule has 1 fully saturated rings. The molecule has 1 saturated heterocycles. The Hall–Kier alpha value is -0.0800. The van der Waals surface area contributed by atoms with E-state index < -0.39 is 0 Å². The highest BCUT2D eigenvalue weighted by Gasteiger charge is 2.31. The van der Waals surface area contributed by atoms with Crippen molar-refractivity contribution < 1.29 is 0 Å². The van der Waals surface area contributed by atoms with E-state index in [2.05, 4.69) is 44.8 Å². The summed E-state index contributed by atoms with van der Waals surface area (Å²) in [5.41, 5.74) is 0.617. The maximum atomic E-state index is 3.67. The molecule has 1 heterocycles. The van der Waals surface area contributed by atoms with Gasteiger partial charge >= 0.3 is 0 Å². The third kappa shape index (κ3) is 2.96. The first-order valence-corrected chi connectivity index (χ1v) is 5.87. The number of hydrogen-bond acceptors (Lipinski definition) is 2. The highest BCUT2D eigenvalue weighted by Crippen LogP contribution is 2.21. The molecule has 0 radical (unpaired) electrons. The van der Waals surface area contributed by atoms with Crippen molar-refractivity contribution in [2.24, 2.45) is 0 Å². The number of nitrogens with zero attached hydrogens (tertiary/aromatic N) is 1. The maximum Gasteiger partial charge on any atom is 0.0278 e. The van der Waals surface area contributed by atoms with Crippen LogP contribution in [0.4, 0.5) is 0 Å². The van der Waals surface area contributed by atoms with Crippen LogP contribution < -0.4 is 5.32 Å². The van der Waals surface area contributed by atoms with Crippen molar-refractivity contribution in [3.05, 3.63) is 0 Å². The predicted molar refractivity (Wildman–Crippen MR) is 62.6 cm³/mol. The molecule has 1 rings (SSSR count). The van der Waals surface area contributed by atoms with Gasteiger partial charge in [0.15, 0.2) is 0 Å². The van der Waals surface area contributed by atoms with E-state index in [0.717, 1.165) is 6.54 Å². The van der Waals surface area contributed by atoms with Gasteiger partial charge in [-0.2, -0.15) is 0 Å². The van der Waals surface area contributed by atoms with E-state index in [4.69, 9.17) is 0 Å². The van der Waals surface area contributed by atoms with Crippen LogP contribution in [0.1, 0.15) is 47.5 Å². The molecule has 0 spiro atoms. The third-order valence-electron chi connectivity index (χ3n) is 3.43. The minimum Gasteiger partial charge on any atom is -0.310 e. The predicted octanol–water partition coefficient (Wildman–Crippen LogP) is 2.25. The Bertz CT molecular complexity index is 183. The Morgan fingerprint density at radius 1 is 1.36 bits per heavy atom. The zero-order valence-corrected chi connectivity index (χ0v) is 10.5. The van der Waals surface area contributed by atoms with Crippen molar-refractivity contribution in [2.45, 2.75) is 58.5 Å². The molecule has 1 N–H and O–H groups in total. The minimum atomic E-state index is 0.308. The molecule has 0 aromatic heterocycles. The van der Waals surface area contributed by atoms with Gasteiger partial charge in [0, 0.05) is 17.6 Å². The molecule has 1 aliphatic rings. The average Bonchev–Trinajstić information content (AvgIpc) is 2.27. The van der Waals surface area contributed by atoms with Crippen molar-refractivity contribution in [3.63, 3.8) is 0 Å². The summed E-state index contributed by atoms with van der Waals surface area (Å²) in [5.74, 6) is 0. The molecule has 0 saturated carbocycles. The van der Waals surface area contributed by atoms with Crippen molar-refractivity contribution in [2.75, 3.05) is 19.6 Å². The van der Waals surface area contributed by atoms with Crippen molar-refractivity contribution >= 4 is 0 Å². The van der Waals surface area contributed by atoms with E-state index in [9.17, 15) is 0 Å². The van der Waals surface area contributed by atoms with Gasteiger partial charge in [-0.15, -0.1) is 0 Å². The minimum absolute atomic E-state index is 0.308. The van der Waals surface area contributed by atoms with E-state index in [1.165, 1.54) is 25.9 Å². The third-order valence-corrected chi connectivity index (χ3v) is 3.43. The summed E-state index contributed by atoms with van der Waals surface area (Å²) >= 11 is 0. The van der Waals surface area contributed by atoms with Gasteiger partial charge in [0.25, 0.3) is 0 Å². The standard InChI is InChI=1S/C12H26N2/c1-6-12(5)10-14(11(2,3)4)9-7-8-13-12/h13H,6-10H2,1-5H3. The van der Waals surface area contributed by atoms with Crippen LogP contribution in [-0.2, 0) is 0 Å². The van der Waals surface area contributed by atoms with Gasteiger partial charge in [-0.05, 0) is 53.6 Å². The first kappa shape index (κ1) is 12.0. The summed E-state index contributed by atoms with van der Waals surface area (Å²) in [6.07, 6.45) is 2.48. The molecule has 1 aliphatic heterocycles. The van der Waals surface area contributed by atoms with Crippen molar-refractivity contribution in [1.82, 2.24) is 10.2 Å². The smallest absolute Gasteiger partial charge is 0.0278 e. The molecule has 1 atom stereocenters. The SMILES string of the molecule is CCC1(C)CN(C(C)(C)C)CCCN1. The van der Waals surface area contributed by atoms with Gasteiger partial charge in [0.05, 0.1) is 0 Å². The van der Waals surface area contributed by atoms with E-state index >= 15 is 0 Å². The lowest BCUT2D eigenvalue weighted by Gasteiger charge is -2.40. The fraction of sp³-hybridized carbons (Fsp3) is 1.00. The Morgan fingerprint density at radius 2 is 2.00 bits per heavy atom. The van der Waals surface area contributed by atoms with Crippen molar-refractivity contribution in [3.8, 4) is 0 Å². The second kappa shape index (κ2) is 4.19. The zero-order chi connectivity index (χ0) is 10.8. The van der Waals surface area contributed by atoms with Crippen LogP contribution in [0.5, 0.6) is 0 Å². The summed E-state index contributed by atoms with van der Waals surface area (Å²) < 4.78 is 0. The summed E-state index contributed by atoms with van der Waals surface area (Å²) in [5, 5.41) is 3.67. The highest BCUT2D eigenvalue weighted by molar-refractivity contribution is 4.91. The molecule has 0 bridgehead atoms. The summed E-state index contributed by atoms with van der Waals surface area (Å²) in [6.45, 7) is 15.1. The van der Waals surface area contributed by atoms with Crippen LogP contribution in [0.2, 0.25) is 0 Å². The van der Waals surface area contributed by atoms with E-state index in [1.807, 2.05) is 0 Å². The normalized spacial score (nSPS) is 31.5. The summed E-state index contributed by atoms with van der Waals surface area (Å²) in [6, 6.07) is 0. The molecule has 2 nitrogen and oxygen atoms in total. The number of nitrogens with one attached hydrogen (secondary N) is 1. The van der Waals surface area contributed by atoms with Gasteiger partial charge in [-0.1, -0.05) is 6.92 Å². The molecule has 1 unspecified atom stereocenters. The molecular weight excluding hydrogens is 172 g/mol. The Labute approximate surface area is 89.1 Å². The van der Waals surface area contributed by atoms with Gasteiger partial charge in [0.1, 0.15) is 0 Å². The summed E-state index contributed by atoms with van der Waals surface area (Å²) in [4.78, 5) is 2.61. The Kier molecular flexibility index (Phi) is 3.59. The topological polar surface area (TPSA) is 15.3 Å². The lowest BCUT2D eigenvalue weighted by atomic mass is 9.95. The monoisotopic (exact) mass is 198 g/mol. The molecule has 0 aromatic rings. The molecule has 0 aromatic carbocycles. The molecular formula is C12H26N2. The zero-order valence-electron chi connectivity index (χ0n) is 10.5. The quantitative estimate of drug-likeness (QED) is 0.695. The van der Waals surface area contributed by atoms with Gasteiger partial charge in [-0.3, -0.25) is 4.90 Å². The van der Waals surface area contributed by atoms with E-state index in [0.29, 0.717) is 11.1 Å². The van der Waals surface area contributed by atoms with E-state index in [1.54, 1.807) is 0 Å². The lowest BCUT2D eigenvalue weighted by Crippen LogP contribution is -2.53. The number of rotatable bonds is 1. The Morgan fingerprint density at radius 3 is 2.50 bits per heavy atom. The number of hydrogen-bond donors (Lipinski definition) is 1. The van der Waals surface area contributed by atoms with Crippen LogP contribution in [0, 0.1) is 0 Å². The van der Waals surface area contributed by atoms with Gasteiger partial charge in [-0.25, -0.2) is 0 Å². The van der Waals surface area contributed by atoms with Crippen LogP contribution in [0.15, 0.2) is 0 Å². The van der Waals surface area contributed by atoms with E-state index in [-0.39, 0.29) is 0 Å². The molecule has 0 amide bonds. The second-order valence-corrected chi connectivity index (χ2v) is 5.79. The molecule has 2 heteroatoms. The Balaban J connectivity index is 2.70. The van der Waals surface area contributed by atoms with Crippen LogP contribution in [0.25, 0.3) is 0 Å². The van der Waals surface area contributed by atoms with Gasteiger partial charge < -0.3 is 5.32 Å². The summed E-state index contributed by atoms with van der Waals surface area (Å²) in [7, 11) is 0. The fourth-order valence-electron chi connectivity index (χ4n) is 2.03. The fourth-order valence-corrected chi connectivity index (χ4v) is 2.03. The maximum absolute atomic E-state index is 3.67. The second-order valence-electron chi connectivity index (χ2n) is 5.79. The van der Waals surface area contributed by atoms with Crippen LogP contribution in [0.3, 0.4) is 0 Å². The highest BCUT2D eigenvalue weighted by atomic mass is 15.2. The van der Waals surface area contributed by atoms with Gasteiger partial charge in [0.2, 0.25) is 0 Å².